The predicted molar refractivity (Wildman–Crippen MR) is 133 cm³/mol. The molecule has 0 fully saturated rings. The molecule has 186 valence electrons. The highest BCUT2D eigenvalue weighted by atomic mass is 16.5. The van der Waals surface area contributed by atoms with Gasteiger partial charge in [-0.1, -0.05) is 26.0 Å². The number of carbonyl (C=O) groups excluding carboxylic acids is 1. The molecule has 0 spiro atoms. The number of ether oxygens (including phenoxy) is 1. The van der Waals surface area contributed by atoms with Crippen molar-refractivity contribution in [3.8, 4) is 11.5 Å². The first-order valence-electron chi connectivity index (χ1n) is 12.3. The Morgan fingerprint density at radius 3 is 2.83 bits per heavy atom. The van der Waals surface area contributed by atoms with Crippen molar-refractivity contribution < 1.29 is 14.6 Å². The number of carbonyl (C=O) groups is 1. The van der Waals surface area contributed by atoms with E-state index in [2.05, 4.69) is 21.6 Å². The van der Waals surface area contributed by atoms with Gasteiger partial charge in [0.05, 0.1) is 6.20 Å². The third-order valence-corrected chi connectivity index (χ3v) is 6.11. The monoisotopic (exact) mass is 479 g/mol. The Morgan fingerprint density at radius 1 is 1.23 bits per heavy atom. The Hall–Kier alpha value is -3.46. The quantitative estimate of drug-likeness (QED) is 0.458. The molecule has 0 bridgehead atoms. The van der Waals surface area contributed by atoms with Gasteiger partial charge in [0.1, 0.15) is 11.8 Å². The summed E-state index contributed by atoms with van der Waals surface area (Å²) >= 11 is 0. The lowest BCUT2D eigenvalue weighted by Crippen LogP contribution is -2.35. The van der Waals surface area contributed by atoms with Gasteiger partial charge >= 0.3 is 0 Å². The van der Waals surface area contributed by atoms with E-state index in [1.54, 1.807) is 16.9 Å². The maximum atomic E-state index is 13.1. The van der Waals surface area contributed by atoms with Crippen molar-refractivity contribution in [1.82, 2.24) is 19.6 Å². The van der Waals surface area contributed by atoms with Crippen LogP contribution in [-0.2, 0) is 24.2 Å². The van der Waals surface area contributed by atoms with E-state index >= 15 is 0 Å². The summed E-state index contributed by atoms with van der Waals surface area (Å²) in [5.41, 5.74) is 2.09. The van der Waals surface area contributed by atoms with E-state index in [-0.39, 0.29) is 18.4 Å². The molecule has 0 saturated heterocycles. The number of aliphatic hydroxyl groups excluding tert-OH is 1. The zero-order chi connectivity index (χ0) is 24.8. The average Bonchev–Trinajstić information content (AvgIpc) is 3.29. The van der Waals surface area contributed by atoms with E-state index in [0.717, 1.165) is 25.0 Å². The van der Waals surface area contributed by atoms with Crippen molar-refractivity contribution >= 4 is 11.7 Å². The lowest BCUT2D eigenvalue weighted by molar-refractivity contribution is -0.120. The van der Waals surface area contributed by atoms with Crippen LogP contribution in [-0.4, -0.2) is 37.2 Å². The molecule has 3 aromatic rings. The smallest absolute Gasteiger partial charge is 0.271 e. The second-order valence-corrected chi connectivity index (χ2v) is 9.35. The summed E-state index contributed by atoms with van der Waals surface area (Å²) in [7, 11) is 0. The Labute approximate surface area is 204 Å². The van der Waals surface area contributed by atoms with Crippen LogP contribution in [0.15, 0.2) is 47.5 Å². The van der Waals surface area contributed by atoms with Crippen LogP contribution in [0.4, 0.5) is 5.82 Å². The topological polar surface area (TPSA) is 111 Å². The van der Waals surface area contributed by atoms with Gasteiger partial charge in [-0.2, -0.15) is 10.2 Å². The van der Waals surface area contributed by atoms with Crippen LogP contribution in [0.1, 0.15) is 56.7 Å². The molecule has 1 aliphatic rings. The minimum atomic E-state index is -0.788. The van der Waals surface area contributed by atoms with Crippen molar-refractivity contribution in [1.29, 1.82) is 0 Å². The summed E-state index contributed by atoms with van der Waals surface area (Å²) in [5, 5.41) is 20.4. The van der Waals surface area contributed by atoms with Gasteiger partial charge in [-0.15, -0.1) is 0 Å². The summed E-state index contributed by atoms with van der Waals surface area (Å²) < 4.78 is 8.93. The Kier molecular flexibility index (Phi) is 7.97. The van der Waals surface area contributed by atoms with Crippen LogP contribution in [0, 0.1) is 5.92 Å². The molecular formula is C26H33N5O4. The number of anilines is 1. The van der Waals surface area contributed by atoms with Gasteiger partial charge < -0.3 is 15.2 Å². The van der Waals surface area contributed by atoms with Gasteiger partial charge in [0.2, 0.25) is 0 Å². The fraction of sp³-hybridized carbons (Fsp3) is 0.462. The van der Waals surface area contributed by atoms with Crippen molar-refractivity contribution in [2.45, 2.75) is 65.0 Å². The summed E-state index contributed by atoms with van der Waals surface area (Å²) in [4.78, 5) is 26.1. The lowest BCUT2D eigenvalue weighted by atomic mass is 9.91. The molecule has 2 heterocycles. The fourth-order valence-electron chi connectivity index (χ4n) is 4.42. The normalized spacial score (nSPS) is 13.9. The first-order chi connectivity index (χ1) is 16.9. The van der Waals surface area contributed by atoms with E-state index in [1.165, 1.54) is 34.5 Å². The SMILES string of the molecule is CC(C)C[C@H](C(=O)Nc1ccn(CCCO)n1)n1ncc(Oc2cccc3c2CCCC3)cc1=O. The first-order valence-corrected chi connectivity index (χ1v) is 12.3. The van der Waals surface area contributed by atoms with Gasteiger partial charge in [0.25, 0.3) is 11.5 Å². The van der Waals surface area contributed by atoms with Crippen LogP contribution >= 0.6 is 0 Å². The van der Waals surface area contributed by atoms with Crippen LogP contribution in [0.3, 0.4) is 0 Å². The zero-order valence-electron chi connectivity index (χ0n) is 20.3. The molecular weight excluding hydrogens is 446 g/mol. The summed E-state index contributed by atoms with van der Waals surface area (Å²) in [6.45, 7) is 4.60. The standard InChI is InChI=1S/C26H33N5O4/c1-18(2)15-22(26(34)28-24-11-13-30(29-24)12-6-14-32)31-25(33)16-20(17-27-31)35-23-10-5-8-19-7-3-4-9-21(19)23/h5,8,10-11,13,16-18,22,32H,3-4,6-7,9,12,14-15H2,1-2H3,(H,28,29,34)/t22-/m1/s1. The molecule has 2 aromatic heterocycles. The molecule has 1 aliphatic carbocycles. The summed E-state index contributed by atoms with van der Waals surface area (Å²) in [6, 6.07) is 8.31. The minimum absolute atomic E-state index is 0.0685. The number of aryl methyl sites for hydroxylation is 2. The number of hydrogen-bond donors (Lipinski definition) is 2. The molecule has 0 radical (unpaired) electrons. The lowest BCUT2D eigenvalue weighted by Gasteiger charge is -2.21. The van der Waals surface area contributed by atoms with E-state index < -0.39 is 11.6 Å². The molecule has 1 atom stereocenters. The van der Waals surface area contributed by atoms with Gasteiger partial charge in [-0.3, -0.25) is 14.3 Å². The number of amides is 1. The van der Waals surface area contributed by atoms with Crippen molar-refractivity contribution in [3.05, 3.63) is 64.2 Å². The van der Waals surface area contributed by atoms with Gasteiger partial charge in [-0.05, 0) is 61.6 Å². The first kappa shape index (κ1) is 24.7. The second kappa shape index (κ2) is 11.3. The predicted octanol–water partition coefficient (Wildman–Crippen LogP) is 3.72. The number of aliphatic hydroxyl groups is 1. The Balaban J connectivity index is 1.52. The molecule has 1 aromatic carbocycles. The number of rotatable bonds is 10. The number of nitrogens with one attached hydrogen (secondary N) is 1. The fourth-order valence-corrected chi connectivity index (χ4v) is 4.42. The average molecular weight is 480 g/mol. The number of fused-ring (bicyclic) bond motifs is 1. The molecule has 0 saturated carbocycles. The molecule has 9 heteroatoms. The molecule has 0 aliphatic heterocycles. The van der Waals surface area contributed by atoms with E-state index in [0.29, 0.717) is 31.0 Å². The van der Waals surface area contributed by atoms with Crippen LogP contribution in [0.5, 0.6) is 11.5 Å². The van der Waals surface area contributed by atoms with Crippen molar-refractivity contribution in [2.75, 3.05) is 11.9 Å². The van der Waals surface area contributed by atoms with E-state index in [9.17, 15) is 9.59 Å². The molecule has 4 rings (SSSR count). The molecule has 2 N–H and O–H groups in total. The van der Waals surface area contributed by atoms with Crippen molar-refractivity contribution in [3.63, 3.8) is 0 Å². The largest absolute Gasteiger partial charge is 0.455 e. The highest BCUT2D eigenvalue weighted by Crippen LogP contribution is 2.32. The van der Waals surface area contributed by atoms with E-state index in [4.69, 9.17) is 9.84 Å². The zero-order valence-corrected chi connectivity index (χ0v) is 20.3. The number of hydrogen-bond acceptors (Lipinski definition) is 6. The molecule has 35 heavy (non-hydrogen) atoms. The number of nitrogens with zero attached hydrogens (tertiary/aromatic N) is 4. The molecule has 1 amide bonds. The van der Waals surface area contributed by atoms with Gasteiger partial charge in [0, 0.05) is 31.5 Å². The van der Waals surface area contributed by atoms with Crippen LogP contribution in [0.25, 0.3) is 0 Å². The third kappa shape index (κ3) is 6.16. The Morgan fingerprint density at radius 2 is 2.06 bits per heavy atom. The number of benzene rings is 1. The number of aromatic nitrogens is 4. The highest BCUT2D eigenvalue weighted by Gasteiger charge is 2.25. The third-order valence-electron chi connectivity index (χ3n) is 6.11. The van der Waals surface area contributed by atoms with Crippen LogP contribution in [0.2, 0.25) is 0 Å². The maximum Gasteiger partial charge on any atom is 0.271 e. The highest BCUT2D eigenvalue weighted by molar-refractivity contribution is 5.92. The van der Waals surface area contributed by atoms with Crippen LogP contribution < -0.4 is 15.6 Å². The van der Waals surface area contributed by atoms with Crippen molar-refractivity contribution in [2.24, 2.45) is 5.92 Å². The maximum absolute atomic E-state index is 13.1. The molecule has 9 nitrogen and oxygen atoms in total. The second-order valence-electron chi connectivity index (χ2n) is 9.35. The minimum Gasteiger partial charge on any atom is -0.455 e. The molecule has 0 unspecified atom stereocenters. The summed E-state index contributed by atoms with van der Waals surface area (Å²) in [6.07, 6.45) is 8.55. The van der Waals surface area contributed by atoms with Gasteiger partial charge in [0.15, 0.2) is 11.6 Å². The van der Waals surface area contributed by atoms with Gasteiger partial charge in [-0.25, -0.2) is 4.68 Å². The van der Waals surface area contributed by atoms with E-state index in [1.807, 2.05) is 26.0 Å². The summed E-state index contributed by atoms with van der Waals surface area (Å²) in [5.74, 6) is 1.31. The Bertz CT molecular complexity index is 1220.